The second-order valence-corrected chi connectivity index (χ2v) is 6.48. The van der Waals surface area contributed by atoms with Crippen molar-refractivity contribution < 1.29 is 18.6 Å². The molecule has 2 saturated heterocycles. The third kappa shape index (κ3) is 3.37. The average Bonchev–Trinajstić information content (AvgIpc) is 2.59. The minimum absolute atomic E-state index is 0.150. The van der Waals surface area contributed by atoms with Crippen LogP contribution in [0.2, 0.25) is 0 Å². The highest BCUT2D eigenvalue weighted by molar-refractivity contribution is 5.34. The molecule has 128 valence electrons. The molecular formula is C18H26FNO3. The van der Waals surface area contributed by atoms with Crippen LogP contribution >= 0.6 is 0 Å². The molecule has 1 aromatic carbocycles. The summed E-state index contributed by atoms with van der Waals surface area (Å²) in [6.45, 7) is 3.17. The van der Waals surface area contributed by atoms with Crippen molar-refractivity contribution in [3.05, 3.63) is 29.6 Å². The fraction of sp³-hybridized carbons (Fsp3) is 0.667. The monoisotopic (exact) mass is 323 g/mol. The van der Waals surface area contributed by atoms with E-state index in [0.29, 0.717) is 17.9 Å². The van der Waals surface area contributed by atoms with Crippen LogP contribution < -0.4 is 4.74 Å². The van der Waals surface area contributed by atoms with Gasteiger partial charge in [0, 0.05) is 38.9 Å². The third-order valence-electron chi connectivity index (χ3n) is 5.25. The van der Waals surface area contributed by atoms with Crippen LogP contribution in [0, 0.1) is 5.82 Å². The predicted octanol–water partition coefficient (Wildman–Crippen LogP) is 2.99. The molecule has 0 amide bonds. The number of halogens is 1. The first kappa shape index (κ1) is 16.7. The summed E-state index contributed by atoms with van der Waals surface area (Å²) in [6.07, 6.45) is 4.18. The van der Waals surface area contributed by atoms with Gasteiger partial charge in [-0.05, 0) is 37.8 Å². The normalized spacial score (nSPS) is 24.7. The fourth-order valence-corrected chi connectivity index (χ4v) is 3.90. The first-order valence-electron chi connectivity index (χ1n) is 8.39. The summed E-state index contributed by atoms with van der Waals surface area (Å²) in [4.78, 5) is 2.27. The highest BCUT2D eigenvalue weighted by atomic mass is 19.1. The number of benzene rings is 1. The predicted molar refractivity (Wildman–Crippen MR) is 86.2 cm³/mol. The van der Waals surface area contributed by atoms with E-state index in [9.17, 15) is 4.39 Å². The highest BCUT2D eigenvalue weighted by Gasteiger charge is 2.44. The molecule has 4 nitrogen and oxygen atoms in total. The van der Waals surface area contributed by atoms with Gasteiger partial charge in [-0.25, -0.2) is 4.39 Å². The Morgan fingerprint density at radius 1 is 1.30 bits per heavy atom. The van der Waals surface area contributed by atoms with Crippen molar-refractivity contribution >= 4 is 0 Å². The molecule has 0 aromatic heterocycles. The largest absolute Gasteiger partial charge is 0.496 e. The zero-order valence-corrected chi connectivity index (χ0v) is 14.0. The smallest absolute Gasteiger partial charge is 0.131 e. The SMILES string of the molecule is COc1cccc(F)c1CN1CCC2(CC1)OCCC[C@@H]2OC. The van der Waals surface area contributed by atoms with Gasteiger partial charge in [0.05, 0.1) is 18.8 Å². The first-order valence-corrected chi connectivity index (χ1v) is 8.39. The Bertz CT molecular complexity index is 529. The Balaban J connectivity index is 1.66. The van der Waals surface area contributed by atoms with E-state index in [1.807, 2.05) is 6.07 Å². The number of likely N-dealkylation sites (tertiary alicyclic amines) is 1. The van der Waals surface area contributed by atoms with E-state index in [1.165, 1.54) is 6.07 Å². The Kier molecular flexibility index (Phi) is 5.19. The maximum absolute atomic E-state index is 14.1. The zero-order chi connectivity index (χ0) is 16.3. The summed E-state index contributed by atoms with van der Waals surface area (Å²) >= 11 is 0. The number of methoxy groups -OCH3 is 2. The van der Waals surface area contributed by atoms with Crippen LogP contribution in [0.4, 0.5) is 4.39 Å². The Morgan fingerprint density at radius 3 is 2.78 bits per heavy atom. The lowest BCUT2D eigenvalue weighted by atomic mass is 9.81. The van der Waals surface area contributed by atoms with Crippen molar-refractivity contribution in [2.24, 2.45) is 0 Å². The average molecular weight is 323 g/mol. The van der Waals surface area contributed by atoms with Gasteiger partial charge in [-0.1, -0.05) is 6.07 Å². The molecule has 2 aliphatic rings. The molecule has 2 aliphatic heterocycles. The van der Waals surface area contributed by atoms with Crippen molar-refractivity contribution in [2.45, 2.75) is 43.9 Å². The lowest BCUT2D eigenvalue weighted by molar-refractivity contribution is -0.186. The van der Waals surface area contributed by atoms with Crippen molar-refractivity contribution in [3.63, 3.8) is 0 Å². The number of rotatable bonds is 4. The minimum Gasteiger partial charge on any atom is -0.496 e. The van der Waals surface area contributed by atoms with Gasteiger partial charge in [-0.3, -0.25) is 4.90 Å². The van der Waals surface area contributed by atoms with Crippen LogP contribution in [0.5, 0.6) is 5.75 Å². The van der Waals surface area contributed by atoms with Crippen molar-refractivity contribution in [1.82, 2.24) is 4.90 Å². The molecule has 23 heavy (non-hydrogen) atoms. The second-order valence-electron chi connectivity index (χ2n) is 6.48. The molecular weight excluding hydrogens is 297 g/mol. The van der Waals surface area contributed by atoms with Crippen LogP contribution in [-0.2, 0) is 16.0 Å². The number of hydrogen-bond acceptors (Lipinski definition) is 4. The van der Waals surface area contributed by atoms with Gasteiger partial charge in [-0.2, -0.15) is 0 Å². The van der Waals surface area contributed by atoms with Gasteiger partial charge >= 0.3 is 0 Å². The molecule has 0 bridgehead atoms. The number of ether oxygens (including phenoxy) is 3. The summed E-state index contributed by atoms with van der Waals surface area (Å²) in [7, 11) is 3.36. The van der Waals surface area contributed by atoms with E-state index < -0.39 is 0 Å². The molecule has 1 aromatic rings. The molecule has 2 heterocycles. The van der Waals surface area contributed by atoms with E-state index in [2.05, 4.69) is 4.90 Å². The first-order chi connectivity index (χ1) is 11.2. The van der Waals surface area contributed by atoms with Gasteiger partial charge in [0.1, 0.15) is 11.6 Å². The minimum atomic E-state index is -0.201. The van der Waals surface area contributed by atoms with E-state index >= 15 is 0 Å². The quantitative estimate of drug-likeness (QED) is 0.852. The maximum atomic E-state index is 14.1. The van der Waals surface area contributed by atoms with Crippen molar-refractivity contribution in [3.8, 4) is 5.75 Å². The Labute approximate surface area is 137 Å². The highest BCUT2D eigenvalue weighted by Crippen LogP contribution is 2.37. The topological polar surface area (TPSA) is 30.9 Å². The molecule has 0 unspecified atom stereocenters. The summed E-state index contributed by atoms with van der Waals surface area (Å²) in [5, 5.41) is 0. The molecule has 0 radical (unpaired) electrons. The standard InChI is InChI=1S/C18H26FNO3/c1-21-16-6-3-5-15(19)14(16)13-20-10-8-18(9-11-20)17(22-2)7-4-12-23-18/h3,5-6,17H,4,7-13H2,1-2H3/t17-/m0/s1. The van der Waals surface area contributed by atoms with Crippen LogP contribution in [0.1, 0.15) is 31.2 Å². The molecule has 0 N–H and O–H groups in total. The van der Waals surface area contributed by atoms with E-state index in [1.54, 1.807) is 20.3 Å². The number of piperidine rings is 1. The van der Waals surface area contributed by atoms with Gasteiger partial charge in [0.25, 0.3) is 0 Å². The van der Waals surface area contributed by atoms with Gasteiger partial charge in [0.2, 0.25) is 0 Å². The molecule has 1 atom stereocenters. The fourth-order valence-electron chi connectivity index (χ4n) is 3.90. The summed E-state index contributed by atoms with van der Waals surface area (Å²) in [5.74, 6) is 0.419. The molecule has 0 saturated carbocycles. The molecule has 3 rings (SSSR count). The summed E-state index contributed by atoms with van der Waals surface area (Å²) in [5.41, 5.74) is 0.488. The summed E-state index contributed by atoms with van der Waals surface area (Å²) < 4.78 is 31.2. The zero-order valence-electron chi connectivity index (χ0n) is 14.0. The van der Waals surface area contributed by atoms with E-state index in [0.717, 1.165) is 45.4 Å². The Morgan fingerprint density at radius 2 is 2.09 bits per heavy atom. The van der Waals surface area contributed by atoms with Gasteiger partial charge < -0.3 is 14.2 Å². The van der Waals surface area contributed by atoms with Crippen LogP contribution in [-0.4, -0.2) is 50.5 Å². The second kappa shape index (κ2) is 7.16. The third-order valence-corrected chi connectivity index (χ3v) is 5.25. The van der Waals surface area contributed by atoms with Crippen molar-refractivity contribution in [2.75, 3.05) is 33.9 Å². The number of hydrogen-bond donors (Lipinski definition) is 0. The van der Waals surface area contributed by atoms with Crippen LogP contribution in [0.25, 0.3) is 0 Å². The molecule has 0 aliphatic carbocycles. The van der Waals surface area contributed by atoms with Gasteiger partial charge in [-0.15, -0.1) is 0 Å². The van der Waals surface area contributed by atoms with E-state index in [-0.39, 0.29) is 17.5 Å². The summed E-state index contributed by atoms with van der Waals surface area (Å²) in [6, 6.07) is 4.99. The van der Waals surface area contributed by atoms with Gasteiger partial charge in [0.15, 0.2) is 0 Å². The van der Waals surface area contributed by atoms with E-state index in [4.69, 9.17) is 14.2 Å². The lowest BCUT2D eigenvalue weighted by Gasteiger charge is -2.48. The number of nitrogens with zero attached hydrogens (tertiary/aromatic N) is 1. The van der Waals surface area contributed by atoms with Crippen LogP contribution in [0.3, 0.4) is 0 Å². The maximum Gasteiger partial charge on any atom is 0.131 e. The molecule has 2 fully saturated rings. The Hall–Kier alpha value is -1.17. The lowest BCUT2D eigenvalue weighted by Crippen LogP contribution is -2.55. The van der Waals surface area contributed by atoms with Crippen molar-refractivity contribution in [1.29, 1.82) is 0 Å². The molecule has 5 heteroatoms. The van der Waals surface area contributed by atoms with Crippen LogP contribution in [0.15, 0.2) is 18.2 Å². The molecule has 1 spiro atoms.